The molecule has 10 nitrogen and oxygen atoms in total. The van der Waals surface area contributed by atoms with Crippen LogP contribution >= 0.6 is 0 Å². The molecule has 1 amide bonds. The van der Waals surface area contributed by atoms with Gasteiger partial charge < -0.3 is 30.1 Å². The Bertz CT molecular complexity index is 1170. The largest absolute Gasteiger partial charge is 0.494 e. The summed E-state index contributed by atoms with van der Waals surface area (Å²) in [6, 6.07) is 5.26. The van der Waals surface area contributed by atoms with Gasteiger partial charge in [0, 0.05) is 36.8 Å². The number of pyridine rings is 1. The summed E-state index contributed by atoms with van der Waals surface area (Å²) in [5.41, 5.74) is 2.85. The Morgan fingerprint density at radius 1 is 1.25 bits per heavy atom. The van der Waals surface area contributed by atoms with E-state index < -0.39 is 5.91 Å². The minimum atomic E-state index is -0.403. The van der Waals surface area contributed by atoms with E-state index in [1.807, 2.05) is 33.8 Å². The van der Waals surface area contributed by atoms with Gasteiger partial charge in [-0.15, -0.1) is 0 Å². The van der Waals surface area contributed by atoms with Crippen LogP contribution in [0.25, 0.3) is 0 Å². The molecule has 10 heteroatoms. The van der Waals surface area contributed by atoms with Crippen molar-refractivity contribution in [3.63, 3.8) is 0 Å². The fraction of sp³-hybridized carbons (Fsp3) is 0.462. The van der Waals surface area contributed by atoms with E-state index in [4.69, 9.17) is 14.9 Å². The molecule has 2 heterocycles. The first-order valence-corrected chi connectivity index (χ1v) is 11.9. The maximum atomic E-state index is 13.4. The highest BCUT2D eigenvalue weighted by Crippen LogP contribution is 2.38. The summed E-state index contributed by atoms with van der Waals surface area (Å²) < 4.78 is 11.2. The number of carbonyl (C=O) groups is 2. The topological polar surface area (TPSA) is 137 Å². The molecule has 1 aliphatic heterocycles. The number of amidine groups is 1. The second-order valence-corrected chi connectivity index (χ2v) is 9.49. The first-order valence-electron chi connectivity index (χ1n) is 11.9. The molecule has 0 saturated carbocycles. The number of aliphatic hydroxyl groups excluding tert-OH is 1. The van der Waals surface area contributed by atoms with E-state index in [0.717, 1.165) is 11.1 Å². The van der Waals surface area contributed by atoms with Gasteiger partial charge in [0.05, 0.1) is 32.6 Å². The fourth-order valence-electron chi connectivity index (χ4n) is 4.13. The van der Waals surface area contributed by atoms with Gasteiger partial charge in [-0.05, 0) is 30.5 Å². The number of aromatic nitrogens is 1. The summed E-state index contributed by atoms with van der Waals surface area (Å²) in [7, 11) is 3.09. The average Bonchev–Trinajstić information content (AvgIpc) is 3.14. The lowest BCUT2D eigenvalue weighted by molar-refractivity contribution is 0.0949. The number of nitrogens with one attached hydrogen (secondary N) is 3. The zero-order chi connectivity index (χ0) is 26.6. The Balaban J connectivity index is 1.93. The number of rotatable bonds is 10. The smallest absolute Gasteiger partial charge is 0.273 e. The van der Waals surface area contributed by atoms with Gasteiger partial charge in [-0.3, -0.25) is 15.0 Å². The standard InChI is InChI=1S/C26H35N5O5/c1-7-36-20-12-16-13-31(24(27)21(16)30-22(20)25(34)28-5)14-19(33)15-10-17(26(2,3)4)23(35-6)18(11-15)29-8-9-32/h10-12,27,29,32H,7-9,13-14H2,1-6H3,(H,28,34). The highest BCUT2D eigenvalue weighted by molar-refractivity contribution is 6.06. The van der Waals surface area contributed by atoms with Crippen molar-refractivity contribution in [3.05, 3.63) is 46.3 Å². The number of aliphatic hydroxyl groups is 1. The van der Waals surface area contributed by atoms with Crippen molar-refractivity contribution in [3.8, 4) is 11.5 Å². The molecule has 0 unspecified atom stereocenters. The summed E-state index contributed by atoms with van der Waals surface area (Å²) in [5, 5.41) is 23.6. The van der Waals surface area contributed by atoms with Crippen molar-refractivity contribution in [1.82, 2.24) is 15.2 Å². The summed E-state index contributed by atoms with van der Waals surface area (Å²) >= 11 is 0. The van der Waals surface area contributed by atoms with Crippen LogP contribution in [0.1, 0.15) is 65.4 Å². The van der Waals surface area contributed by atoms with Crippen LogP contribution in [0.5, 0.6) is 11.5 Å². The molecule has 0 saturated heterocycles. The molecule has 36 heavy (non-hydrogen) atoms. The van der Waals surface area contributed by atoms with Crippen LogP contribution < -0.4 is 20.1 Å². The lowest BCUT2D eigenvalue weighted by Crippen LogP contribution is -2.31. The van der Waals surface area contributed by atoms with Crippen LogP contribution in [0, 0.1) is 5.41 Å². The van der Waals surface area contributed by atoms with E-state index >= 15 is 0 Å². The Labute approximate surface area is 211 Å². The van der Waals surface area contributed by atoms with Gasteiger partial charge in [-0.1, -0.05) is 20.8 Å². The van der Waals surface area contributed by atoms with Crippen molar-refractivity contribution >= 4 is 23.2 Å². The maximum absolute atomic E-state index is 13.4. The third kappa shape index (κ3) is 5.43. The van der Waals surface area contributed by atoms with Crippen LogP contribution in [0.3, 0.4) is 0 Å². The summed E-state index contributed by atoms with van der Waals surface area (Å²) in [6.45, 7) is 8.80. The van der Waals surface area contributed by atoms with Gasteiger partial charge in [0.2, 0.25) is 0 Å². The molecule has 2 aromatic rings. The summed E-state index contributed by atoms with van der Waals surface area (Å²) in [5.74, 6) is 0.475. The van der Waals surface area contributed by atoms with Crippen molar-refractivity contribution in [1.29, 1.82) is 5.41 Å². The predicted molar refractivity (Wildman–Crippen MR) is 138 cm³/mol. The Morgan fingerprint density at radius 3 is 2.56 bits per heavy atom. The van der Waals surface area contributed by atoms with Gasteiger partial charge in [0.1, 0.15) is 17.3 Å². The molecule has 1 aromatic heterocycles. The number of anilines is 1. The highest BCUT2D eigenvalue weighted by Gasteiger charge is 2.31. The number of fused-ring (bicyclic) bond motifs is 1. The Kier molecular flexibility index (Phi) is 8.19. The molecule has 0 bridgehead atoms. The Morgan fingerprint density at radius 2 is 1.97 bits per heavy atom. The molecule has 1 aromatic carbocycles. The quantitative estimate of drug-likeness (QED) is 0.368. The number of ketones is 1. The third-order valence-electron chi connectivity index (χ3n) is 5.89. The van der Waals surface area contributed by atoms with Gasteiger partial charge in [-0.25, -0.2) is 4.98 Å². The second-order valence-electron chi connectivity index (χ2n) is 9.49. The first-order chi connectivity index (χ1) is 17.0. The zero-order valence-corrected chi connectivity index (χ0v) is 21.7. The number of carbonyl (C=O) groups excluding carboxylic acids is 2. The molecular weight excluding hydrogens is 462 g/mol. The van der Waals surface area contributed by atoms with Gasteiger partial charge >= 0.3 is 0 Å². The van der Waals surface area contributed by atoms with E-state index in [0.29, 0.717) is 48.1 Å². The van der Waals surface area contributed by atoms with Crippen LogP contribution in [0.4, 0.5) is 5.69 Å². The van der Waals surface area contributed by atoms with Gasteiger partial charge in [0.25, 0.3) is 5.91 Å². The summed E-state index contributed by atoms with van der Waals surface area (Å²) in [6.07, 6.45) is 0. The number of methoxy groups -OCH3 is 1. The average molecular weight is 498 g/mol. The fourth-order valence-corrected chi connectivity index (χ4v) is 4.13. The van der Waals surface area contributed by atoms with Crippen LogP contribution in [-0.4, -0.2) is 73.0 Å². The number of hydrogen-bond acceptors (Lipinski definition) is 8. The Hall–Kier alpha value is -3.66. The monoisotopic (exact) mass is 497 g/mol. The molecule has 3 rings (SSSR count). The van der Waals surface area contributed by atoms with Gasteiger partial charge in [0.15, 0.2) is 17.2 Å². The van der Waals surface area contributed by atoms with Crippen molar-refractivity contribution < 1.29 is 24.2 Å². The SMILES string of the molecule is CCOc1cc2c(nc1C(=O)NC)C(=N)N(CC(=O)c1cc(NCCO)c(OC)c(C(C)(C)C)c1)C2. The molecule has 0 fully saturated rings. The third-order valence-corrected chi connectivity index (χ3v) is 5.89. The number of nitrogens with zero attached hydrogens (tertiary/aromatic N) is 2. The molecule has 0 atom stereocenters. The van der Waals surface area contributed by atoms with E-state index in [-0.39, 0.29) is 35.9 Å². The molecule has 0 aliphatic carbocycles. The number of amides is 1. The number of benzene rings is 1. The van der Waals surface area contributed by atoms with Crippen molar-refractivity contribution in [2.24, 2.45) is 0 Å². The predicted octanol–water partition coefficient (Wildman–Crippen LogP) is 2.57. The molecule has 0 radical (unpaired) electrons. The highest BCUT2D eigenvalue weighted by atomic mass is 16.5. The van der Waals surface area contributed by atoms with Gasteiger partial charge in [-0.2, -0.15) is 0 Å². The van der Waals surface area contributed by atoms with E-state index in [1.165, 1.54) is 7.05 Å². The van der Waals surface area contributed by atoms with E-state index in [1.54, 1.807) is 24.1 Å². The molecule has 4 N–H and O–H groups in total. The lowest BCUT2D eigenvalue weighted by Gasteiger charge is -2.26. The minimum Gasteiger partial charge on any atom is -0.494 e. The zero-order valence-electron chi connectivity index (χ0n) is 21.7. The first kappa shape index (κ1) is 26.9. The summed E-state index contributed by atoms with van der Waals surface area (Å²) in [4.78, 5) is 31.8. The lowest BCUT2D eigenvalue weighted by atomic mass is 9.84. The maximum Gasteiger partial charge on any atom is 0.273 e. The normalized spacial score (nSPS) is 12.9. The van der Waals surface area contributed by atoms with Crippen LogP contribution in [-0.2, 0) is 12.0 Å². The number of ether oxygens (including phenoxy) is 2. The van der Waals surface area contributed by atoms with E-state index in [2.05, 4.69) is 15.6 Å². The molecular formula is C26H35N5O5. The van der Waals surface area contributed by atoms with Crippen LogP contribution in [0.15, 0.2) is 18.2 Å². The van der Waals surface area contributed by atoms with Crippen LogP contribution in [0.2, 0.25) is 0 Å². The van der Waals surface area contributed by atoms with Crippen molar-refractivity contribution in [2.75, 3.05) is 45.8 Å². The second kappa shape index (κ2) is 10.9. The number of Topliss-reactive ketones (excluding diaryl/α,β-unsaturated/α-hetero) is 1. The molecule has 1 aliphatic rings. The number of hydrogen-bond donors (Lipinski definition) is 4. The molecule has 0 spiro atoms. The van der Waals surface area contributed by atoms with E-state index in [9.17, 15) is 14.7 Å². The van der Waals surface area contributed by atoms with Crippen molar-refractivity contribution in [2.45, 2.75) is 39.7 Å². The molecule has 194 valence electrons. The minimum absolute atomic E-state index is 0.0379.